The Morgan fingerprint density at radius 1 is 0.592 bits per heavy atom. The van der Waals surface area contributed by atoms with Crippen molar-refractivity contribution in [1.29, 1.82) is 0 Å². The fraction of sp³-hybridized carbons (Fsp3) is 0.133. The van der Waals surface area contributed by atoms with Crippen molar-refractivity contribution in [2.75, 3.05) is 0 Å². The summed E-state index contributed by atoms with van der Waals surface area (Å²) in [5.74, 6) is 0.493. The molecule has 0 aromatic heterocycles. The third-order valence-electron chi connectivity index (χ3n) is 5.98. The predicted octanol–water partition coefficient (Wildman–Crippen LogP) is -0.151. The van der Waals surface area contributed by atoms with E-state index < -0.39 is 24.0 Å². The Bertz CT molecular complexity index is 1750. The van der Waals surface area contributed by atoms with E-state index in [-0.39, 0.29) is 83.5 Å². The van der Waals surface area contributed by atoms with Crippen LogP contribution in [0.25, 0.3) is 0 Å². The number of rotatable bonds is 10. The summed E-state index contributed by atoms with van der Waals surface area (Å²) in [6.07, 6.45) is 0.398. The van der Waals surface area contributed by atoms with Crippen LogP contribution in [0.5, 0.6) is 34.5 Å². The molecule has 0 aliphatic carbocycles. The summed E-state index contributed by atoms with van der Waals surface area (Å²) in [6.45, 7) is 0. The van der Waals surface area contributed by atoms with E-state index in [0.717, 1.165) is 25.4 Å². The molecule has 0 fully saturated rings. The first-order chi connectivity index (χ1) is 22.0. The second kappa shape index (κ2) is 23.2. The van der Waals surface area contributed by atoms with Crippen LogP contribution >= 0.6 is 158 Å². The molecule has 10 nitrogen and oxygen atoms in total. The van der Waals surface area contributed by atoms with Crippen LogP contribution in [0.1, 0.15) is 11.1 Å². The van der Waals surface area contributed by atoms with Crippen LogP contribution in [0.4, 0.5) is 0 Å². The number of carboxylic acids is 2. The molecule has 4 aromatic carbocycles. The molecule has 49 heavy (non-hydrogen) atoms. The van der Waals surface area contributed by atoms with E-state index in [4.69, 9.17) is 20.9 Å². The number of halogens is 7. The van der Waals surface area contributed by atoms with Gasteiger partial charge in [0.1, 0.15) is 23.0 Å². The maximum atomic E-state index is 10.8. The smallest absolute Gasteiger partial charge is 0.548 e. The minimum Gasteiger partial charge on any atom is -0.548 e. The maximum absolute atomic E-state index is 10.8. The molecule has 0 heterocycles. The van der Waals surface area contributed by atoms with Gasteiger partial charge in [-0.3, -0.25) is 0 Å². The Kier molecular flexibility index (Phi) is 23.2. The van der Waals surface area contributed by atoms with E-state index in [1.165, 1.54) is 0 Å². The number of phenolic OH excluding ortho intramolecular Hbond substituents is 2. The van der Waals surface area contributed by atoms with Gasteiger partial charge in [0.05, 0.1) is 36.9 Å². The average molecular weight is 1470 g/mol. The molecule has 0 saturated carbocycles. The molecule has 0 spiro atoms. The molecule has 19 heteroatoms. The normalized spacial score (nSPS) is 11.5. The van der Waals surface area contributed by atoms with Gasteiger partial charge in [0, 0.05) is 12.1 Å². The van der Waals surface area contributed by atoms with Crippen LogP contribution in [0, 0.1) is 25.0 Å². The zero-order valence-electron chi connectivity index (χ0n) is 25.4. The van der Waals surface area contributed by atoms with Crippen molar-refractivity contribution in [2.24, 2.45) is 11.5 Å². The number of ether oxygens (including phenoxy) is 2. The fourth-order valence-electron chi connectivity index (χ4n) is 3.72. The zero-order valence-corrected chi connectivity index (χ0v) is 44.5. The number of nitrogens with two attached hydrogens (primary N) is 2. The number of aliphatic carboxylic acids is 2. The Morgan fingerprint density at radius 2 is 0.939 bits per heavy atom. The Balaban J connectivity index is 0.000000471. The molecule has 250 valence electrons. The van der Waals surface area contributed by atoms with Crippen molar-refractivity contribution in [2.45, 2.75) is 24.9 Å². The first-order valence-electron chi connectivity index (χ1n) is 12.9. The van der Waals surface area contributed by atoms with Gasteiger partial charge < -0.3 is 51.0 Å². The number of hydrogen-bond donors (Lipinski definition) is 4. The SMILES string of the molecule is NC(Cc1cc(I)c(Oc2cc(I)c(O)c(I)c2)c(I)c1)C(=O)[O-].NC(Cc1cc(I)c(Oc2ccc(O)c(I)c2)c(I)c1)C(=O)[O-].[Na+].[Na+]. The zero-order chi connectivity index (χ0) is 35.2. The molecule has 0 aliphatic rings. The largest absolute Gasteiger partial charge is 1.00 e. The van der Waals surface area contributed by atoms with Crippen LogP contribution in [0.15, 0.2) is 54.6 Å². The number of hydrogen-bond acceptors (Lipinski definition) is 10. The molecule has 4 rings (SSSR count). The van der Waals surface area contributed by atoms with Crippen molar-refractivity contribution >= 4 is 170 Å². The molecule has 2 unspecified atom stereocenters. The van der Waals surface area contributed by atoms with E-state index in [0.29, 0.717) is 33.7 Å². The molecule has 0 aliphatic heterocycles. The van der Waals surface area contributed by atoms with Crippen molar-refractivity contribution in [1.82, 2.24) is 0 Å². The summed E-state index contributed by atoms with van der Waals surface area (Å²) in [7, 11) is 0. The van der Waals surface area contributed by atoms with Crippen molar-refractivity contribution in [3.8, 4) is 34.5 Å². The third kappa shape index (κ3) is 15.2. The van der Waals surface area contributed by atoms with E-state index in [1.54, 1.807) is 30.3 Å². The van der Waals surface area contributed by atoms with Gasteiger partial charge in [-0.15, -0.1) is 0 Å². The molecular weight excluding hydrogens is 1450 g/mol. The number of phenols is 2. The van der Waals surface area contributed by atoms with E-state index in [9.17, 15) is 30.0 Å². The van der Waals surface area contributed by atoms with Crippen molar-refractivity contribution in [3.05, 3.63) is 90.7 Å². The number of aromatic hydroxyl groups is 2. The summed E-state index contributed by atoms with van der Waals surface area (Å²) < 4.78 is 17.3. The quantitative estimate of drug-likeness (QED) is 0.123. The van der Waals surface area contributed by atoms with Crippen molar-refractivity contribution < 1.29 is 98.6 Å². The number of carbonyl (C=O) groups is 2. The van der Waals surface area contributed by atoms with Gasteiger partial charge in [-0.05, 0) is 237 Å². The summed E-state index contributed by atoms with van der Waals surface area (Å²) in [5, 5.41) is 40.9. The fourth-order valence-corrected chi connectivity index (χ4v) is 10.2. The Labute approximate surface area is 422 Å². The van der Waals surface area contributed by atoms with Crippen LogP contribution in [-0.2, 0) is 22.4 Å². The topological polar surface area (TPSA) is 191 Å². The van der Waals surface area contributed by atoms with Gasteiger partial charge in [-0.2, -0.15) is 0 Å². The monoisotopic (exact) mass is 1470 g/mol. The molecule has 0 radical (unpaired) electrons. The minimum atomic E-state index is -1.27. The van der Waals surface area contributed by atoms with Crippen molar-refractivity contribution in [3.63, 3.8) is 0 Å². The van der Waals surface area contributed by atoms with Gasteiger partial charge in [0.2, 0.25) is 0 Å². The number of benzene rings is 4. The van der Waals surface area contributed by atoms with Gasteiger partial charge in [-0.1, -0.05) is 0 Å². The summed E-state index contributed by atoms with van der Waals surface area (Å²) in [4.78, 5) is 21.5. The standard InChI is InChI=1S/C15H11I4NO4.C15H12I3NO4.2Na/c16-8-4-7(5-9(17)13(8)21)24-14-10(18)1-6(2-11(14)19)3-12(20)15(22)23;16-9-6-8(1-2-13(9)20)23-14-10(17)3-7(4-11(14)18)5-12(19)15(21)22;;/h1-2,4-5,12,21H,3,20H2,(H,22,23);1-4,6,12,20H,5,19H2,(H,21,22);;/q;;2*+1/p-2. The Morgan fingerprint density at radius 3 is 1.29 bits per heavy atom. The van der Waals surface area contributed by atoms with Gasteiger partial charge in [-0.25, -0.2) is 0 Å². The summed E-state index contributed by atoms with van der Waals surface area (Å²) >= 11 is 14.7. The van der Waals surface area contributed by atoms with Crippen LogP contribution in [-0.4, -0.2) is 34.2 Å². The minimum absolute atomic E-state index is 0. The predicted molar refractivity (Wildman–Crippen MR) is 232 cm³/mol. The first kappa shape index (κ1) is 49.1. The van der Waals surface area contributed by atoms with Gasteiger partial charge >= 0.3 is 59.1 Å². The second-order valence-corrected chi connectivity index (χ2v) is 17.7. The molecule has 0 bridgehead atoms. The summed E-state index contributed by atoms with van der Waals surface area (Å²) in [5.41, 5.74) is 12.7. The molecule has 6 N–H and O–H groups in total. The molecule has 2 atom stereocenters. The molecule has 0 saturated heterocycles. The number of carbonyl (C=O) groups excluding carboxylic acids is 2. The van der Waals surface area contributed by atoms with E-state index >= 15 is 0 Å². The first-order valence-corrected chi connectivity index (χ1v) is 20.4. The van der Waals surface area contributed by atoms with Gasteiger partial charge in [0.25, 0.3) is 0 Å². The Hall–Kier alpha value is 2.05. The molecular formula is C30H21I7N2Na2O8. The molecule has 4 aromatic rings. The second-order valence-electron chi connectivity index (χ2n) is 9.59. The maximum Gasteiger partial charge on any atom is 1.00 e. The van der Waals surface area contributed by atoms with Gasteiger partial charge in [0.15, 0.2) is 11.5 Å². The molecule has 0 amide bonds. The van der Waals surface area contributed by atoms with Crippen LogP contribution in [0.2, 0.25) is 0 Å². The third-order valence-corrected chi connectivity index (χ3v) is 11.7. The van der Waals surface area contributed by atoms with Crippen LogP contribution < -0.4 is 90.3 Å². The average Bonchev–Trinajstić information content (AvgIpc) is 2.97. The van der Waals surface area contributed by atoms with Crippen LogP contribution in [0.3, 0.4) is 0 Å². The summed E-state index contributed by atoms with van der Waals surface area (Å²) in [6, 6.07) is 13.8. The van der Waals surface area contributed by atoms with E-state index in [1.807, 2.05) is 92.0 Å². The van der Waals surface area contributed by atoms with E-state index in [2.05, 4.69) is 90.4 Å². The number of carboxylic acid groups (broad SMARTS) is 2.